The summed E-state index contributed by atoms with van der Waals surface area (Å²) in [5.74, 6) is -1.52. The average molecular weight is 493 g/mol. The van der Waals surface area contributed by atoms with Crippen LogP contribution in [0.1, 0.15) is 29.3 Å². The van der Waals surface area contributed by atoms with Crippen LogP contribution in [-0.2, 0) is 10.9 Å². The third kappa shape index (κ3) is 5.92. The minimum Gasteiger partial charge on any atom is -0.394 e. The Labute approximate surface area is 198 Å². The number of nitrogens with zero attached hydrogens (tertiary/aromatic N) is 2. The number of aliphatic hydroxyl groups is 1. The van der Waals surface area contributed by atoms with Crippen molar-refractivity contribution < 1.29 is 32.2 Å². The van der Waals surface area contributed by atoms with Crippen molar-refractivity contribution in [2.75, 3.05) is 13.7 Å². The first-order chi connectivity index (χ1) is 16.6. The van der Waals surface area contributed by atoms with Crippen molar-refractivity contribution in [2.24, 2.45) is 0 Å². The van der Waals surface area contributed by atoms with E-state index in [1.54, 1.807) is 6.92 Å². The number of methoxy groups -OCH3 is 1. The van der Waals surface area contributed by atoms with Crippen molar-refractivity contribution in [3.8, 4) is 16.9 Å². The minimum absolute atomic E-state index is 0.00654. The first-order valence-electron chi connectivity index (χ1n) is 10.6. The molecule has 2 N–H and O–H groups in total. The molecular formula is C24H23F4N3O4. The maximum Gasteiger partial charge on any atom is 0.416 e. The molecule has 0 aliphatic rings. The molecule has 3 rings (SSSR count). The van der Waals surface area contributed by atoms with Crippen molar-refractivity contribution in [1.29, 1.82) is 0 Å². The molecule has 0 saturated carbocycles. The Balaban J connectivity index is 2.13. The lowest BCUT2D eigenvalue weighted by atomic mass is 10.1. The van der Waals surface area contributed by atoms with Crippen LogP contribution in [0.25, 0.3) is 16.9 Å². The van der Waals surface area contributed by atoms with E-state index in [0.717, 1.165) is 47.1 Å². The number of hydrogen-bond acceptors (Lipinski definition) is 5. The molecular weight excluding hydrogens is 470 g/mol. The summed E-state index contributed by atoms with van der Waals surface area (Å²) < 4.78 is 58.8. The summed E-state index contributed by atoms with van der Waals surface area (Å²) in [5, 5.41) is 16.4. The molecule has 2 atom stereocenters. The van der Waals surface area contributed by atoms with Crippen LogP contribution < -0.4 is 10.9 Å². The number of halogens is 4. The molecule has 0 aliphatic heterocycles. The molecule has 1 amide bonds. The second kappa shape index (κ2) is 10.8. The number of aromatic nitrogens is 2. The van der Waals surface area contributed by atoms with E-state index in [0.29, 0.717) is 6.42 Å². The lowest BCUT2D eigenvalue weighted by Gasteiger charge is -2.24. The summed E-state index contributed by atoms with van der Waals surface area (Å²) in [4.78, 5) is 26.2. The molecule has 2 aromatic carbocycles. The third-order valence-corrected chi connectivity index (χ3v) is 5.38. The molecule has 0 spiro atoms. The molecule has 0 bridgehead atoms. The smallest absolute Gasteiger partial charge is 0.394 e. The summed E-state index contributed by atoms with van der Waals surface area (Å²) in [6.45, 7) is 1.32. The van der Waals surface area contributed by atoms with Gasteiger partial charge >= 0.3 is 6.18 Å². The fourth-order valence-electron chi connectivity index (χ4n) is 3.53. The van der Waals surface area contributed by atoms with Crippen LogP contribution in [-0.4, -0.2) is 46.7 Å². The number of hydrogen-bond donors (Lipinski definition) is 2. The molecule has 11 heteroatoms. The highest BCUT2D eigenvalue weighted by Crippen LogP contribution is 2.30. The molecule has 0 aliphatic carbocycles. The van der Waals surface area contributed by atoms with E-state index in [4.69, 9.17) is 4.74 Å². The minimum atomic E-state index is -4.55. The topological polar surface area (TPSA) is 93.4 Å². The van der Waals surface area contributed by atoms with E-state index < -0.39 is 53.3 Å². The third-order valence-electron chi connectivity index (χ3n) is 5.38. The van der Waals surface area contributed by atoms with Crippen LogP contribution in [0, 0.1) is 5.82 Å². The summed E-state index contributed by atoms with van der Waals surface area (Å²) in [6, 6.07) is 9.23. The van der Waals surface area contributed by atoms with Crippen LogP contribution in [0.3, 0.4) is 0 Å². The van der Waals surface area contributed by atoms with Gasteiger partial charge in [0.2, 0.25) is 0 Å². The highest BCUT2D eigenvalue weighted by atomic mass is 19.4. The van der Waals surface area contributed by atoms with Gasteiger partial charge in [0.1, 0.15) is 11.4 Å². The number of aliphatic hydroxyl groups excluding tert-OH is 1. The Bertz CT molecular complexity index is 1240. The average Bonchev–Trinajstić information content (AvgIpc) is 2.83. The summed E-state index contributed by atoms with van der Waals surface area (Å²) in [6.07, 6.45) is -4.62. The largest absolute Gasteiger partial charge is 0.416 e. The Morgan fingerprint density at radius 2 is 1.86 bits per heavy atom. The van der Waals surface area contributed by atoms with Crippen molar-refractivity contribution in [2.45, 2.75) is 31.7 Å². The van der Waals surface area contributed by atoms with Crippen LogP contribution in [0.5, 0.6) is 0 Å². The number of benzene rings is 2. The quantitative estimate of drug-likeness (QED) is 0.468. The van der Waals surface area contributed by atoms with Gasteiger partial charge in [-0.15, -0.1) is 0 Å². The summed E-state index contributed by atoms with van der Waals surface area (Å²) >= 11 is 0. The molecule has 35 heavy (non-hydrogen) atoms. The molecule has 0 fully saturated rings. The maximum atomic E-state index is 13.8. The lowest BCUT2D eigenvalue weighted by molar-refractivity contribution is -0.137. The summed E-state index contributed by atoms with van der Waals surface area (Å²) in [5.41, 5.74) is -1.95. The number of alkyl halides is 3. The first kappa shape index (κ1) is 26.0. The standard InChI is InChI=1S/C24H23F4N3O4/c1-3-21(35-2)20(13-32)29-22(33)18-12-19(14-7-9-15(10-8-14)24(26,27)28)30-31(23(18)34)17-6-4-5-16(25)11-17/h4-12,20-21,32H,3,13H2,1-2H3,(H,29,33). The van der Waals surface area contributed by atoms with Gasteiger partial charge in [0.15, 0.2) is 0 Å². The van der Waals surface area contributed by atoms with E-state index in [9.17, 15) is 32.3 Å². The molecule has 1 heterocycles. The predicted molar refractivity (Wildman–Crippen MR) is 120 cm³/mol. The van der Waals surface area contributed by atoms with Crippen LogP contribution in [0.15, 0.2) is 59.4 Å². The van der Waals surface area contributed by atoms with Gasteiger partial charge in [0, 0.05) is 12.7 Å². The second-order valence-electron chi connectivity index (χ2n) is 7.66. The van der Waals surface area contributed by atoms with Crippen molar-refractivity contribution >= 4 is 5.91 Å². The molecule has 186 valence electrons. The van der Waals surface area contributed by atoms with E-state index in [1.165, 1.54) is 19.2 Å². The Hall–Kier alpha value is -3.57. The highest BCUT2D eigenvalue weighted by Gasteiger charge is 2.30. The number of amides is 1. The SMILES string of the molecule is CCC(OC)C(CO)NC(=O)c1cc(-c2ccc(C(F)(F)F)cc2)nn(-c2cccc(F)c2)c1=O. The molecule has 3 aromatic rings. The number of ether oxygens (including phenoxy) is 1. The second-order valence-corrected chi connectivity index (χ2v) is 7.66. The van der Waals surface area contributed by atoms with Gasteiger partial charge in [-0.1, -0.05) is 25.1 Å². The van der Waals surface area contributed by atoms with Crippen molar-refractivity contribution in [1.82, 2.24) is 15.1 Å². The van der Waals surface area contributed by atoms with Gasteiger partial charge < -0.3 is 15.2 Å². The highest BCUT2D eigenvalue weighted by molar-refractivity contribution is 5.95. The molecule has 0 saturated heterocycles. The van der Waals surface area contributed by atoms with E-state index in [1.807, 2.05) is 0 Å². The van der Waals surface area contributed by atoms with Crippen molar-refractivity contribution in [3.63, 3.8) is 0 Å². The summed E-state index contributed by atoms with van der Waals surface area (Å²) in [7, 11) is 1.41. The fraction of sp³-hybridized carbons (Fsp3) is 0.292. The van der Waals surface area contributed by atoms with E-state index >= 15 is 0 Å². The van der Waals surface area contributed by atoms with Gasteiger partial charge in [-0.05, 0) is 42.8 Å². The Kier molecular flexibility index (Phi) is 8.03. The van der Waals surface area contributed by atoms with Gasteiger partial charge in [-0.25, -0.2) is 4.39 Å². The zero-order chi connectivity index (χ0) is 25.8. The molecule has 1 aromatic heterocycles. The molecule has 0 radical (unpaired) electrons. The number of carbonyl (C=O) groups excluding carboxylic acids is 1. The number of carbonyl (C=O) groups is 1. The number of rotatable bonds is 8. The maximum absolute atomic E-state index is 13.8. The van der Waals surface area contributed by atoms with Gasteiger partial charge in [-0.3, -0.25) is 9.59 Å². The van der Waals surface area contributed by atoms with E-state index in [-0.39, 0.29) is 16.9 Å². The van der Waals surface area contributed by atoms with Crippen LogP contribution in [0.2, 0.25) is 0 Å². The van der Waals surface area contributed by atoms with E-state index in [2.05, 4.69) is 10.4 Å². The zero-order valence-electron chi connectivity index (χ0n) is 18.8. The Morgan fingerprint density at radius 1 is 1.17 bits per heavy atom. The van der Waals surface area contributed by atoms with Crippen molar-refractivity contribution in [3.05, 3.63) is 81.9 Å². The van der Waals surface area contributed by atoms with Gasteiger partial charge in [0.05, 0.1) is 35.7 Å². The molecule has 2 unspecified atom stereocenters. The van der Waals surface area contributed by atoms with Gasteiger partial charge in [-0.2, -0.15) is 23.0 Å². The van der Waals surface area contributed by atoms with Crippen LogP contribution >= 0.6 is 0 Å². The van der Waals surface area contributed by atoms with Gasteiger partial charge in [0.25, 0.3) is 11.5 Å². The van der Waals surface area contributed by atoms with Crippen LogP contribution in [0.4, 0.5) is 17.6 Å². The number of nitrogens with one attached hydrogen (secondary N) is 1. The molecule has 7 nitrogen and oxygen atoms in total. The monoisotopic (exact) mass is 493 g/mol. The normalized spacial score (nSPS) is 13.3. The Morgan fingerprint density at radius 3 is 2.40 bits per heavy atom. The fourth-order valence-corrected chi connectivity index (χ4v) is 3.53. The first-order valence-corrected chi connectivity index (χ1v) is 10.6. The predicted octanol–water partition coefficient (Wildman–Crippen LogP) is 3.57. The zero-order valence-corrected chi connectivity index (χ0v) is 18.8. The lowest BCUT2D eigenvalue weighted by Crippen LogP contribution is -2.48.